The molecule has 0 saturated carbocycles. The molecule has 6 heteroatoms. The maximum absolute atomic E-state index is 11.7. The zero-order valence-corrected chi connectivity index (χ0v) is 10.7. The Balaban J connectivity index is 2.26. The molecule has 0 unspecified atom stereocenters. The quantitative estimate of drug-likeness (QED) is 0.486. The van der Waals surface area contributed by atoms with E-state index in [0.717, 1.165) is 6.92 Å². The van der Waals surface area contributed by atoms with Crippen molar-refractivity contribution in [2.45, 2.75) is 6.92 Å². The second kappa shape index (κ2) is 6.33. The lowest BCUT2D eigenvalue weighted by molar-refractivity contribution is -0.135. The minimum atomic E-state index is -0.752. The second-order valence-electron chi connectivity index (χ2n) is 3.81. The predicted molar refractivity (Wildman–Crippen MR) is 71.0 cm³/mol. The first-order chi connectivity index (χ1) is 9.66. The van der Waals surface area contributed by atoms with Crippen LogP contribution in [0.5, 0.6) is 0 Å². The van der Waals surface area contributed by atoms with Crippen molar-refractivity contribution >= 4 is 23.3 Å². The molecule has 0 fully saturated rings. The molecule has 2 rings (SSSR count). The average molecular weight is 269 g/mol. The Labute approximate surface area is 115 Å². The molecular weight excluding hydrogens is 258 g/mol. The molecular formula is C14H11N3O3. The summed E-state index contributed by atoms with van der Waals surface area (Å²) in [5.74, 6) is -1.42. The standard InChI is InChI=1S/C14H11N3O3/c1-10(18)20-14(19)12-6-2-3-7-13(12)17-16-11-5-4-8-15-9-11/h2-9H,1H3. The lowest BCUT2D eigenvalue weighted by atomic mass is 10.2. The highest BCUT2D eigenvalue weighted by molar-refractivity contribution is 6.00. The van der Waals surface area contributed by atoms with E-state index in [1.165, 1.54) is 6.07 Å². The van der Waals surface area contributed by atoms with Gasteiger partial charge in [0.25, 0.3) is 0 Å². The van der Waals surface area contributed by atoms with Crippen LogP contribution in [0.4, 0.5) is 11.4 Å². The van der Waals surface area contributed by atoms with Crippen LogP contribution in [0.1, 0.15) is 17.3 Å². The molecule has 2 aromatic rings. The largest absolute Gasteiger partial charge is 0.390 e. The number of azo groups is 1. The molecule has 0 aliphatic rings. The predicted octanol–water partition coefficient (Wildman–Crippen LogP) is 3.20. The number of carbonyl (C=O) groups is 2. The van der Waals surface area contributed by atoms with E-state index >= 15 is 0 Å². The molecule has 100 valence electrons. The summed E-state index contributed by atoms with van der Waals surface area (Å²) >= 11 is 0. The van der Waals surface area contributed by atoms with E-state index in [1.807, 2.05) is 0 Å². The summed E-state index contributed by atoms with van der Waals surface area (Å²) < 4.78 is 4.54. The Hall–Kier alpha value is -2.89. The van der Waals surface area contributed by atoms with E-state index < -0.39 is 11.9 Å². The number of esters is 2. The molecule has 1 heterocycles. The highest BCUT2D eigenvalue weighted by Crippen LogP contribution is 2.22. The molecule has 20 heavy (non-hydrogen) atoms. The maximum Gasteiger partial charge on any atom is 0.348 e. The fraction of sp³-hybridized carbons (Fsp3) is 0.0714. The van der Waals surface area contributed by atoms with Crippen molar-refractivity contribution < 1.29 is 14.3 Å². The van der Waals surface area contributed by atoms with Gasteiger partial charge in [0.05, 0.1) is 11.8 Å². The number of pyridine rings is 1. The first-order valence-electron chi connectivity index (χ1n) is 5.80. The number of hydrogen-bond acceptors (Lipinski definition) is 6. The monoisotopic (exact) mass is 269 g/mol. The summed E-state index contributed by atoms with van der Waals surface area (Å²) in [6.07, 6.45) is 3.16. The van der Waals surface area contributed by atoms with Crippen molar-refractivity contribution in [1.29, 1.82) is 0 Å². The third-order valence-corrected chi connectivity index (χ3v) is 2.28. The molecule has 0 spiro atoms. The highest BCUT2D eigenvalue weighted by Gasteiger charge is 2.14. The van der Waals surface area contributed by atoms with Gasteiger partial charge in [0.2, 0.25) is 0 Å². The highest BCUT2D eigenvalue weighted by atomic mass is 16.6. The van der Waals surface area contributed by atoms with Crippen LogP contribution in [0.15, 0.2) is 59.0 Å². The van der Waals surface area contributed by atoms with Crippen LogP contribution < -0.4 is 0 Å². The van der Waals surface area contributed by atoms with Crippen molar-refractivity contribution in [2.24, 2.45) is 10.2 Å². The van der Waals surface area contributed by atoms with Gasteiger partial charge in [0.15, 0.2) is 0 Å². The number of carbonyl (C=O) groups excluding carboxylic acids is 2. The van der Waals surface area contributed by atoms with E-state index in [4.69, 9.17) is 0 Å². The van der Waals surface area contributed by atoms with Gasteiger partial charge in [0.1, 0.15) is 11.4 Å². The van der Waals surface area contributed by atoms with Gasteiger partial charge in [-0.2, -0.15) is 0 Å². The zero-order chi connectivity index (χ0) is 14.4. The Morgan fingerprint density at radius 1 is 1.10 bits per heavy atom. The second-order valence-corrected chi connectivity index (χ2v) is 3.81. The molecule has 0 bridgehead atoms. The lowest BCUT2D eigenvalue weighted by Gasteiger charge is -2.02. The number of hydrogen-bond donors (Lipinski definition) is 0. The first-order valence-corrected chi connectivity index (χ1v) is 5.80. The van der Waals surface area contributed by atoms with E-state index in [9.17, 15) is 9.59 Å². The molecule has 0 amide bonds. The van der Waals surface area contributed by atoms with E-state index in [2.05, 4.69) is 19.9 Å². The molecule has 0 radical (unpaired) electrons. The van der Waals surface area contributed by atoms with Crippen molar-refractivity contribution in [3.05, 3.63) is 54.4 Å². The molecule has 1 aromatic heterocycles. The Morgan fingerprint density at radius 2 is 1.90 bits per heavy atom. The molecule has 1 aromatic carbocycles. The van der Waals surface area contributed by atoms with Gasteiger partial charge < -0.3 is 4.74 Å². The van der Waals surface area contributed by atoms with Crippen LogP contribution >= 0.6 is 0 Å². The number of ether oxygens (including phenoxy) is 1. The molecule has 0 atom stereocenters. The average Bonchev–Trinajstić information content (AvgIpc) is 2.46. The fourth-order valence-corrected chi connectivity index (χ4v) is 1.44. The number of nitrogens with zero attached hydrogens (tertiary/aromatic N) is 3. The summed E-state index contributed by atoms with van der Waals surface area (Å²) in [4.78, 5) is 26.4. The third-order valence-electron chi connectivity index (χ3n) is 2.28. The van der Waals surface area contributed by atoms with E-state index in [0.29, 0.717) is 11.4 Å². The van der Waals surface area contributed by atoms with Crippen LogP contribution in [-0.4, -0.2) is 16.9 Å². The Kier molecular flexibility index (Phi) is 4.28. The number of benzene rings is 1. The topological polar surface area (TPSA) is 81.0 Å². The normalized spacial score (nSPS) is 10.4. The summed E-state index contributed by atoms with van der Waals surface area (Å²) in [6.45, 7) is 1.16. The van der Waals surface area contributed by atoms with Crippen molar-refractivity contribution in [2.75, 3.05) is 0 Å². The minimum Gasteiger partial charge on any atom is -0.390 e. The van der Waals surface area contributed by atoms with Gasteiger partial charge in [-0.1, -0.05) is 12.1 Å². The van der Waals surface area contributed by atoms with Crippen molar-refractivity contribution in [3.8, 4) is 0 Å². The van der Waals surface area contributed by atoms with Gasteiger partial charge in [-0.3, -0.25) is 9.78 Å². The van der Waals surface area contributed by atoms with E-state index in [1.54, 1.807) is 42.7 Å². The van der Waals surface area contributed by atoms with E-state index in [-0.39, 0.29) is 5.56 Å². The Bertz CT molecular complexity index is 654. The maximum atomic E-state index is 11.7. The van der Waals surface area contributed by atoms with Gasteiger partial charge in [0, 0.05) is 13.1 Å². The SMILES string of the molecule is CC(=O)OC(=O)c1ccccc1N=Nc1cccnc1. The molecule has 0 aliphatic carbocycles. The van der Waals surface area contributed by atoms with Gasteiger partial charge in [-0.15, -0.1) is 10.2 Å². The fourth-order valence-electron chi connectivity index (χ4n) is 1.44. The third kappa shape index (κ3) is 3.55. The minimum absolute atomic E-state index is 0.176. The van der Waals surface area contributed by atoms with Gasteiger partial charge in [-0.25, -0.2) is 4.79 Å². The van der Waals surface area contributed by atoms with Crippen LogP contribution in [0.25, 0.3) is 0 Å². The van der Waals surface area contributed by atoms with Gasteiger partial charge in [-0.05, 0) is 24.3 Å². The smallest absolute Gasteiger partial charge is 0.348 e. The van der Waals surface area contributed by atoms with Gasteiger partial charge >= 0.3 is 11.9 Å². The summed E-state index contributed by atoms with van der Waals surface area (Å²) in [6, 6.07) is 9.94. The summed E-state index contributed by atoms with van der Waals surface area (Å²) in [5, 5.41) is 7.95. The van der Waals surface area contributed by atoms with Crippen LogP contribution in [-0.2, 0) is 9.53 Å². The molecule has 0 N–H and O–H groups in total. The summed E-state index contributed by atoms with van der Waals surface area (Å²) in [7, 11) is 0. The number of rotatable bonds is 3. The zero-order valence-electron chi connectivity index (χ0n) is 10.7. The van der Waals surface area contributed by atoms with Crippen molar-refractivity contribution in [3.63, 3.8) is 0 Å². The summed E-state index contributed by atoms with van der Waals surface area (Å²) in [5.41, 5.74) is 1.06. The Morgan fingerprint density at radius 3 is 2.60 bits per heavy atom. The lowest BCUT2D eigenvalue weighted by Crippen LogP contribution is -2.09. The van der Waals surface area contributed by atoms with Crippen LogP contribution in [0, 0.1) is 0 Å². The van der Waals surface area contributed by atoms with Crippen molar-refractivity contribution in [1.82, 2.24) is 4.98 Å². The first kappa shape index (κ1) is 13.5. The van der Waals surface area contributed by atoms with Crippen LogP contribution in [0.2, 0.25) is 0 Å². The van der Waals surface area contributed by atoms with Crippen LogP contribution in [0.3, 0.4) is 0 Å². The number of aromatic nitrogens is 1. The molecule has 0 aliphatic heterocycles. The molecule has 0 saturated heterocycles. The molecule has 6 nitrogen and oxygen atoms in total.